The van der Waals surface area contributed by atoms with Gasteiger partial charge in [0, 0.05) is 17.5 Å². The smallest absolute Gasteiger partial charge is 0.230 e. The van der Waals surface area contributed by atoms with E-state index in [1.165, 1.54) is 11.8 Å². The minimum absolute atomic E-state index is 0.00992. The van der Waals surface area contributed by atoms with Crippen LogP contribution in [-0.2, 0) is 11.3 Å². The third-order valence-electron chi connectivity index (χ3n) is 3.50. The first kappa shape index (κ1) is 17.5. The molecule has 1 amide bonds. The number of ether oxygens (including phenoxy) is 1. The van der Waals surface area contributed by atoms with Gasteiger partial charge in [0.15, 0.2) is 4.34 Å². The van der Waals surface area contributed by atoms with Crippen LogP contribution in [0, 0.1) is 0 Å². The van der Waals surface area contributed by atoms with Crippen LogP contribution in [-0.4, -0.2) is 23.8 Å². The fourth-order valence-corrected chi connectivity index (χ4v) is 3.89. The molecule has 0 spiro atoms. The Bertz CT molecular complexity index is 834. The van der Waals surface area contributed by atoms with Gasteiger partial charge in [-0.25, -0.2) is 4.98 Å². The van der Waals surface area contributed by atoms with Gasteiger partial charge >= 0.3 is 0 Å². The van der Waals surface area contributed by atoms with Gasteiger partial charge in [-0.3, -0.25) is 4.79 Å². The number of amides is 1. The maximum atomic E-state index is 12.0. The molecule has 4 nitrogen and oxygen atoms in total. The molecule has 0 fully saturated rings. The van der Waals surface area contributed by atoms with E-state index in [0.29, 0.717) is 12.3 Å². The van der Waals surface area contributed by atoms with Crippen molar-refractivity contribution in [2.45, 2.75) is 10.9 Å². The van der Waals surface area contributed by atoms with Crippen LogP contribution in [0.3, 0.4) is 0 Å². The fourth-order valence-electron chi connectivity index (χ4n) is 2.23. The molecule has 2 aromatic carbocycles. The largest absolute Gasteiger partial charge is 0.497 e. The molecule has 0 aliphatic carbocycles. The molecule has 1 aromatic heterocycles. The SMILES string of the molecule is COc1cccc(CNC(=O)CSc2nc(-c3ccccc3)cs2)c1. The minimum Gasteiger partial charge on any atom is -0.497 e. The Labute approximate surface area is 155 Å². The lowest BCUT2D eigenvalue weighted by Gasteiger charge is -2.06. The summed E-state index contributed by atoms with van der Waals surface area (Å²) in [6.07, 6.45) is 0. The summed E-state index contributed by atoms with van der Waals surface area (Å²) in [5, 5.41) is 4.94. The van der Waals surface area contributed by atoms with Crippen molar-refractivity contribution in [1.82, 2.24) is 10.3 Å². The molecule has 3 rings (SSSR count). The molecule has 25 heavy (non-hydrogen) atoms. The number of methoxy groups -OCH3 is 1. The van der Waals surface area contributed by atoms with Crippen molar-refractivity contribution in [2.75, 3.05) is 12.9 Å². The van der Waals surface area contributed by atoms with E-state index in [1.54, 1.807) is 18.4 Å². The molecule has 1 heterocycles. The van der Waals surface area contributed by atoms with Crippen molar-refractivity contribution in [3.8, 4) is 17.0 Å². The normalized spacial score (nSPS) is 10.4. The third-order valence-corrected chi connectivity index (χ3v) is 5.52. The first-order valence-corrected chi connectivity index (χ1v) is 9.64. The predicted octanol–water partition coefficient (Wildman–Crippen LogP) is 4.23. The van der Waals surface area contributed by atoms with E-state index in [9.17, 15) is 4.79 Å². The van der Waals surface area contributed by atoms with Crippen LogP contribution in [0.2, 0.25) is 0 Å². The topological polar surface area (TPSA) is 51.2 Å². The van der Waals surface area contributed by atoms with Gasteiger partial charge in [-0.2, -0.15) is 0 Å². The zero-order chi connectivity index (χ0) is 17.5. The highest BCUT2D eigenvalue weighted by molar-refractivity contribution is 8.01. The van der Waals surface area contributed by atoms with Gasteiger partial charge in [0.1, 0.15) is 5.75 Å². The first-order chi connectivity index (χ1) is 12.2. The van der Waals surface area contributed by atoms with E-state index >= 15 is 0 Å². The molecule has 0 saturated carbocycles. The third kappa shape index (κ3) is 5.08. The van der Waals surface area contributed by atoms with E-state index in [2.05, 4.69) is 10.3 Å². The van der Waals surface area contributed by atoms with Gasteiger partial charge in [-0.05, 0) is 17.7 Å². The molecule has 128 valence electrons. The standard InChI is InChI=1S/C19H18N2O2S2/c1-23-16-9-5-6-14(10-16)11-20-18(22)13-25-19-21-17(12-24-19)15-7-3-2-4-8-15/h2-10,12H,11,13H2,1H3,(H,20,22). The van der Waals surface area contributed by atoms with Crippen LogP contribution in [0.4, 0.5) is 0 Å². The molecule has 0 aliphatic rings. The molecule has 0 bridgehead atoms. The maximum Gasteiger partial charge on any atom is 0.230 e. The Morgan fingerprint density at radius 2 is 2.04 bits per heavy atom. The van der Waals surface area contributed by atoms with Crippen LogP contribution in [0.5, 0.6) is 5.75 Å². The average molecular weight is 370 g/mol. The molecule has 0 atom stereocenters. The second kappa shape index (κ2) is 8.69. The summed E-state index contributed by atoms with van der Waals surface area (Å²) in [4.78, 5) is 16.6. The van der Waals surface area contributed by atoms with Crippen LogP contribution < -0.4 is 10.1 Å². The molecule has 0 saturated heterocycles. The molecular formula is C19H18N2O2S2. The number of nitrogens with one attached hydrogen (secondary N) is 1. The first-order valence-electron chi connectivity index (χ1n) is 7.78. The van der Waals surface area contributed by atoms with E-state index in [1.807, 2.05) is 60.0 Å². The number of rotatable bonds is 7. The Kier molecular flexibility index (Phi) is 6.09. The summed E-state index contributed by atoms with van der Waals surface area (Å²) in [5.41, 5.74) is 3.05. The number of aromatic nitrogens is 1. The quantitative estimate of drug-likeness (QED) is 0.633. The molecule has 3 aromatic rings. The summed E-state index contributed by atoms with van der Waals surface area (Å²) in [6, 6.07) is 17.7. The fraction of sp³-hybridized carbons (Fsp3) is 0.158. The number of thioether (sulfide) groups is 1. The number of nitrogens with zero attached hydrogens (tertiary/aromatic N) is 1. The summed E-state index contributed by atoms with van der Waals surface area (Å²) < 4.78 is 6.08. The van der Waals surface area contributed by atoms with Crippen LogP contribution >= 0.6 is 23.1 Å². The molecule has 1 N–H and O–H groups in total. The van der Waals surface area contributed by atoms with E-state index in [0.717, 1.165) is 26.9 Å². The van der Waals surface area contributed by atoms with Crippen molar-refractivity contribution in [1.29, 1.82) is 0 Å². The van der Waals surface area contributed by atoms with E-state index < -0.39 is 0 Å². The van der Waals surface area contributed by atoms with Crippen molar-refractivity contribution in [2.24, 2.45) is 0 Å². The molecule has 6 heteroatoms. The van der Waals surface area contributed by atoms with Gasteiger partial charge in [-0.15, -0.1) is 11.3 Å². The lowest BCUT2D eigenvalue weighted by Crippen LogP contribution is -2.24. The van der Waals surface area contributed by atoms with Crippen LogP contribution in [0.25, 0.3) is 11.3 Å². The second-order valence-corrected chi connectivity index (χ2v) is 7.36. The molecule has 0 unspecified atom stereocenters. The van der Waals surface area contributed by atoms with Crippen LogP contribution in [0.1, 0.15) is 5.56 Å². The summed E-state index contributed by atoms with van der Waals surface area (Å²) in [5.74, 6) is 1.13. The highest BCUT2D eigenvalue weighted by Gasteiger charge is 2.08. The van der Waals surface area contributed by atoms with Crippen molar-refractivity contribution in [3.05, 3.63) is 65.5 Å². The van der Waals surface area contributed by atoms with Crippen molar-refractivity contribution in [3.63, 3.8) is 0 Å². The lowest BCUT2D eigenvalue weighted by molar-refractivity contribution is -0.118. The predicted molar refractivity (Wildman–Crippen MR) is 103 cm³/mol. The molecule has 0 radical (unpaired) electrons. The van der Waals surface area contributed by atoms with Crippen molar-refractivity contribution >= 4 is 29.0 Å². The number of hydrogen-bond donors (Lipinski definition) is 1. The number of hydrogen-bond acceptors (Lipinski definition) is 5. The Morgan fingerprint density at radius 1 is 1.20 bits per heavy atom. The lowest BCUT2D eigenvalue weighted by atomic mass is 10.2. The second-order valence-electron chi connectivity index (χ2n) is 5.28. The summed E-state index contributed by atoms with van der Waals surface area (Å²) >= 11 is 3.02. The zero-order valence-electron chi connectivity index (χ0n) is 13.8. The van der Waals surface area contributed by atoms with Gasteiger partial charge in [0.05, 0.1) is 18.6 Å². The zero-order valence-corrected chi connectivity index (χ0v) is 15.4. The van der Waals surface area contributed by atoms with Gasteiger partial charge in [0.25, 0.3) is 0 Å². The highest BCUT2D eigenvalue weighted by Crippen LogP contribution is 2.27. The Morgan fingerprint density at radius 3 is 2.84 bits per heavy atom. The van der Waals surface area contributed by atoms with Gasteiger partial charge in [-0.1, -0.05) is 54.2 Å². The van der Waals surface area contributed by atoms with Crippen molar-refractivity contribution < 1.29 is 9.53 Å². The number of carbonyl (C=O) groups is 1. The van der Waals surface area contributed by atoms with E-state index in [-0.39, 0.29) is 5.91 Å². The van der Waals surface area contributed by atoms with Crippen LogP contribution in [0.15, 0.2) is 64.3 Å². The highest BCUT2D eigenvalue weighted by atomic mass is 32.2. The minimum atomic E-state index is -0.00992. The number of benzene rings is 2. The molecule has 0 aliphatic heterocycles. The van der Waals surface area contributed by atoms with E-state index in [4.69, 9.17) is 4.74 Å². The monoisotopic (exact) mass is 370 g/mol. The summed E-state index contributed by atoms with van der Waals surface area (Å²) in [7, 11) is 1.63. The molecular weight excluding hydrogens is 352 g/mol. The Balaban J connectivity index is 1.48. The maximum absolute atomic E-state index is 12.0. The number of thiazole rings is 1. The summed E-state index contributed by atoms with van der Waals surface area (Å²) in [6.45, 7) is 0.490. The number of carbonyl (C=O) groups excluding carboxylic acids is 1. The average Bonchev–Trinajstić information content (AvgIpc) is 3.15. The Hall–Kier alpha value is -2.31. The van der Waals surface area contributed by atoms with Gasteiger partial charge in [0.2, 0.25) is 5.91 Å². The van der Waals surface area contributed by atoms with Gasteiger partial charge < -0.3 is 10.1 Å².